The summed E-state index contributed by atoms with van der Waals surface area (Å²) in [6, 6.07) is 0. The Morgan fingerprint density at radius 3 is 2.88 bits per heavy atom. The summed E-state index contributed by atoms with van der Waals surface area (Å²) in [6.45, 7) is 4.69. The van der Waals surface area contributed by atoms with Gasteiger partial charge in [-0.05, 0) is 43.9 Å². The standard InChI is InChI=1S/C15H24N2/c1-3-11-7-8-13-14(9-11)17-15(16-13)12-6-4-5-10(12)2/h10-12H,3-9H2,1-2H3,(H,16,17). The first-order valence-corrected chi connectivity index (χ1v) is 7.35. The summed E-state index contributed by atoms with van der Waals surface area (Å²) in [5.74, 6) is 3.72. The highest BCUT2D eigenvalue weighted by atomic mass is 15.0. The number of aromatic amines is 1. The monoisotopic (exact) mass is 232 g/mol. The van der Waals surface area contributed by atoms with Gasteiger partial charge in [0.2, 0.25) is 0 Å². The number of H-pyrrole nitrogens is 1. The summed E-state index contributed by atoms with van der Waals surface area (Å²) in [4.78, 5) is 8.56. The third kappa shape index (κ3) is 2.02. The second-order valence-electron chi connectivity index (χ2n) is 6.08. The van der Waals surface area contributed by atoms with Crippen LogP contribution in [0.4, 0.5) is 0 Å². The zero-order valence-corrected chi connectivity index (χ0v) is 11.1. The molecule has 1 aromatic heterocycles. The Kier molecular flexibility index (Phi) is 2.97. The Morgan fingerprint density at radius 1 is 1.29 bits per heavy atom. The molecule has 0 aromatic carbocycles. The van der Waals surface area contributed by atoms with Crippen LogP contribution in [0.1, 0.15) is 69.1 Å². The summed E-state index contributed by atoms with van der Waals surface area (Å²) >= 11 is 0. The lowest BCUT2D eigenvalue weighted by molar-refractivity contribution is 0.438. The average molecular weight is 232 g/mol. The normalized spacial score (nSPS) is 32.7. The molecule has 0 radical (unpaired) electrons. The van der Waals surface area contributed by atoms with Crippen LogP contribution in [-0.2, 0) is 12.8 Å². The molecular weight excluding hydrogens is 208 g/mol. The fourth-order valence-electron chi connectivity index (χ4n) is 3.65. The van der Waals surface area contributed by atoms with E-state index in [1.54, 1.807) is 0 Å². The highest BCUT2D eigenvalue weighted by Crippen LogP contribution is 2.39. The molecule has 3 unspecified atom stereocenters. The summed E-state index contributed by atoms with van der Waals surface area (Å²) in [5.41, 5.74) is 2.83. The van der Waals surface area contributed by atoms with Crippen LogP contribution in [0.2, 0.25) is 0 Å². The van der Waals surface area contributed by atoms with Crippen molar-refractivity contribution in [1.82, 2.24) is 9.97 Å². The molecule has 2 nitrogen and oxygen atoms in total. The van der Waals surface area contributed by atoms with Gasteiger partial charge in [-0.2, -0.15) is 0 Å². The molecule has 0 saturated heterocycles. The van der Waals surface area contributed by atoms with Crippen molar-refractivity contribution >= 4 is 0 Å². The van der Waals surface area contributed by atoms with Gasteiger partial charge in [-0.25, -0.2) is 4.98 Å². The van der Waals surface area contributed by atoms with Gasteiger partial charge in [0.25, 0.3) is 0 Å². The minimum Gasteiger partial charge on any atom is -0.345 e. The van der Waals surface area contributed by atoms with Crippen molar-refractivity contribution in [3.8, 4) is 0 Å². The van der Waals surface area contributed by atoms with Crippen LogP contribution in [-0.4, -0.2) is 9.97 Å². The molecule has 2 aliphatic rings. The molecule has 3 rings (SSSR count). The zero-order chi connectivity index (χ0) is 11.8. The van der Waals surface area contributed by atoms with E-state index in [9.17, 15) is 0 Å². The number of imidazole rings is 1. The van der Waals surface area contributed by atoms with E-state index < -0.39 is 0 Å². The predicted molar refractivity (Wildman–Crippen MR) is 70.1 cm³/mol. The van der Waals surface area contributed by atoms with Gasteiger partial charge in [-0.3, -0.25) is 0 Å². The van der Waals surface area contributed by atoms with E-state index in [1.807, 2.05) is 0 Å². The maximum absolute atomic E-state index is 4.90. The van der Waals surface area contributed by atoms with Gasteiger partial charge in [0.15, 0.2) is 0 Å². The molecule has 2 aliphatic carbocycles. The Labute approximate surface area is 104 Å². The van der Waals surface area contributed by atoms with E-state index in [4.69, 9.17) is 4.98 Å². The molecule has 0 aliphatic heterocycles. The lowest BCUT2D eigenvalue weighted by Gasteiger charge is -2.19. The molecule has 17 heavy (non-hydrogen) atoms. The summed E-state index contributed by atoms with van der Waals surface area (Å²) < 4.78 is 0. The van der Waals surface area contributed by atoms with Crippen molar-refractivity contribution in [2.45, 2.75) is 64.7 Å². The number of aromatic nitrogens is 2. The average Bonchev–Trinajstić information content (AvgIpc) is 2.93. The maximum Gasteiger partial charge on any atom is 0.109 e. The first-order chi connectivity index (χ1) is 8.28. The first kappa shape index (κ1) is 11.3. The highest BCUT2D eigenvalue weighted by molar-refractivity contribution is 5.21. The third-order valence-electron chi connectivity index (χ3n) is 4.95. The predicted octanol–water partition coefficient (Wildman–Crippen LogP) is 3.83. The van der Waals surface area contributed by atoms with Crippen molar-refractivity contribution in [3.63, 3.8) is 0 Å². The number of aryl methyl sites for hydroxylation is 1. The van der Waals surface area contributed by atoms with Gasteiger partial charge in [-0.15, -0.1) is 0 Å². The minimum absolute atomic E-state index is 0.709. The lowest BCUT2D eigenvalue weighted by Crippen LogP contribution is -2.12. The molecule has 0 spiro atoms. The molecule has 94 valence electrons. The highest BCUT2D eigenvalue weighted by Gasteiger charge is 2.29. The van der Waals surface area contributed by atoms with Crippen molar-refractivity contribution in [2.75, 3.05) is 0 Å². The van der Waals surface area contributed by atoms with Crippen LogP contribution in [0, 0.1) is 11.8 Å². The smallest absolute Gasteiger partial charge is 0.109 e. The molecular formula is C15H24N2. The number of hydrogen-bond donors (Lipinski definition) is 1. The summed E-state index contributed by atoms with van der Waals surface area (Å²) in [7, 11) is 0. The van der Waals surface area contributed by atoms with Gasteiger partial charge in [0, 0.05) is 11.6 Å². The first-order valence-electron chi connectivity index (χ1n) is 7.35. The fourth-order valence-corrected chi connectivity index (χ4v) is 3.65. The van der Waals surface area contributed by atoms with Crippen LogP contribution in [0.25, 0.3) is 0 Å². The van der Waals surface area contributed by atoms with Crippen LogP contribution < -0.4 is 0 Å². The second-order valence-corrected chi connectivity index (χ2v) is 6.08. The van der Waals surface area contributed by atoms with E-state index in [0.717, 1.165) is 11.8 Å². The van der Waals surface area contributed by atoms with E-state index >= 15 is 0 Å². The number of hydrogen-bond acceptors (Lipinski definition) is 1. The molecule has 1 aromatic rings. The van der Waals surface area contributed by atoms with Crippen molar-refractivity contribution in [2.24, 2.45) is 11.8 Å². The van der Waals surface area contributed by atoms with E-state index in [0.29, 0.717) is 5.92 Å². The molecule has 1 heterocycles. The van der Waals surface area contributed by atoms with Crippen molar-refractivity contribution in [1.29, 1.82) is 0 Å². The summed E-state index contributed by atoms with van der Waals surface area (Å²) in [5, 5.41) is 0. The lowest BCUT2D eigenvalue weighted by atomic mass is 9.88. The molecule has 3 atom stereocenters. The molecule has 0 bridgehead atoms. The van der Waals surface area contributed by atoms with Crippen molar-refractivity contribution in [3.05, 3.63) is 17.2 Å². The number of nitrogens with zero attached hydrogens (tertiary/aromatic N) is 1. The van der Waals surface area contributed by atoms with Gasteiger partial charge in [0.1, 0.15) is 5.82 Å². The maximum atomic E-state index is 4.90. The molecule has 0 amide bonds. The molecule has 2 heteroatoms. The van der Waals surface area contributed by atoms with E-state index in [-0.39, 0.29) is 0 Å². The Balaban J connectivity index is 1.82. The number of nitrogens with one attached hydrogen (secondary N) is 1. The minimum atomic E-state index is 0.709. The molecule has 1 saturated carbocycles. The molecule has 1 N–H and O–H groups in total. The fraction of sp³-hybridized carbons (Fsp3) is 0.800. The Bertz CT molecular complexity index is 394. The third-order valence-corrected chi connectivity index (χ3v) is 4.95. The quantitative estimate of drug-likeness (QED) is 0.825. The largest absolute Gasteiger partial charge is 0.345 e. The van der Waals surface area contributed by atoms with Gasteiger partial charge >= 0.3 is 0 Å². The molecule has 1 fully saturated rings. The van der Waals surface area contributed by atoms with Crippen molar-refractivity contribution < 1.29 is 0 Å². The van der Waals surface area contributed by atoms with Crippen LogP contribution in [0.5, 0.6) is 0 Å². The van der Waals surface area contributed by atoms with E-state index in [1.165, 1.54) is 62.2 Å². The van der Waals surface area contributed by atoms with Crippen LogP contribution in [0.3, 0.4) is 0 Å². The van der Waals surface area contributed by atoms with Gasteiger partial charge < -0.3 is 4.98 Å². The van der Waals surface area contributed by atoms with Gasteiger partial charge in [-0.1, -0.05) is 26.7 Å². The Hall–Kier alpha value is -0.790. The van der Waals surface area contributed by atoms with E-state index in [2.05, 4.69) is 18.8 Å². The summed E-state index contributed by atoms with van der Waals surface area (Å²) in [6.07, 6.45) is 9.19. The topological polar surface area (TPSA) is 28.7 Å². The number of fused-ring (bicyclic) bond motifs is 1. The van der Waals surface area contributed by atoms with Crippen LogP contribution in [0.15, 0.2) is 0 Å². The number of rotatable bonds is 2. The zero-order valence-electron chi connectivity index (χ0n) is 11.1. The second kappa shape index (κ2) is 4.47. The van der Waals surface area contributed by atoms with Crippen LogP contribution >= 0.6 is 0 Å². The SMILES string of the molecule is CCC1CCc2nc(C3CCCC3C)[nH]c2C1. The van der Waals surface area contributed by atoms with Gasteiger partial charge in [0.05, 0.1) is 5.69 Å². The Morgan fingerprint density at radius 2 is 2.18 bits per heavy atom.